The molecule has 0 radical (unpaired) electrons. The van der Waals surface area contributed by atoms with E-state index in [2.05, 4.69) is 266 Å². The Balaban J connectivity index is 1.02. The quantitative estimate of drug-likeness (QED) is 0.151. The van der Waals surface area contributed by atoms with Crippen molar-refractivity contribution in [2.45, 2.75) is 5.41 Å². The van der Waals surface area contributed by atoms with Gasteiger partial charge in [0, 0.05) is 16.8 Å². The average Bonchev–Trinajstić information content (AvgIpc) is 3.89. The number of nitrogens with zero attached hydrogens (tertiary/aromatic N) is 1. The van der Waals surface area contributed by atoms with Gasteiger partial charge < -0.3 is 4.90 Å². The molecule has 1 nitrogen and oxygen atoms in total. The third kappa shape index (κ3) is 5.57. The summed E-state index contributed by atoms with van der Waals surface area (Å²) >= 11 is 0. The van der Waals surface area contributed by atoms with Crippen LogP contribution in [0.5, 0.6) is 0 Å². The van der Waals surface area contributed by atoms with Gasteiger partial charge in [-0.2, -0.15) is 0 Å². The van der Waals surface area contributed by atoms with Gasteiger partial charge in [-0.15, -0.1) is 0 Å². The SMILES string of the molecule is c1ccc(-c2ccc(-c3ccc(N(c4ccccc4-c4ccccc4)c4cccc5c4-c4ccccc4C54c5ccccc5-c5cc6c7ccccc7c7ccccc7c6cc54)cc3)cc2)cc1. The zero-order valence-electron chi connectivity index (χ0n) is 37.3. The molecule has 2 aliphatic carbocycles. The van der Waals surface area contributed by atoms with E-state index in [0.717, 1.165) is 17.1 Å². The molecule has 12 aromatic rings. The fourth-order valence-electron chi connectivity index (χ4n) is 12.0. The van der Waals surface area contributed by atoms with Crippen LogP contribution in [-0.4, -0.2) is 0 Å². The van der Waals surface area contributed by atoms with E-state index in [-0.39, 0.29) is 0 Å². The van der Waals surface area contributed by atoms with Crippen LogP contribution in [0.3, 0.4) is 0 Å². The van der Waals surface area contributed by atoms with Crippen LogP contribution in [0.15, 0.2) is 261 Å². The Bertz CT molecular complexity index is 3940. The van der Waals surface area contributed by atoms with Crippen molar-refractivity contribution in [1.29, 1.82) is 0 Å². The van der Waals surface area contributed by atoms with Gasteiger partial charge in [-0.3, -0.25) is 0 Å². The van der Waals surface area contributed by atoms with Crippen molar-refractivity contribution in [2.75, 3.05) is 4.90 Å². The Morgan fingerprint density at radius 2 is 0.662 bits per heavy atom. The first-order chi connectivity index (χ1) is 33.8. The van der Waals surface area contributed by atoms with Gasteiger partial charge in [0.25, 0.3) is 0 Å². The van der Waals surface area contributed by atoms with Crippen molar-refractivity contribution in [3.8, 4) is 55.6 Å². The topological polar surface area (TPSA) is 3.24 Å². The fourth-order valence-corrected chi connectivity index (χ4v) is 12.0. The first-order valence-electron chi connectivity index (χ1n) is 23.7. The van der Waals surface area contributed by atoms with Gasteiger partial charge in [-0.05, 0) is 135 Å². The van der Waals surface area contributed by atoms with E-state index < -0.39 is 5.41 Å². The van der Waals surface area contributed by atoms with Gasteiger partial charge >= 0.3 is 0 Å². The Labute approximate surface area is 396 Å². The molecule has 0 heterocycles. The molecule has 0 N–H and O–H groups in total. The molecular weight excluding hydrogens is 819 g/mol. The van der Waals surface area contributed by atoms with Crippen LogP contribution in [0.1, 0.15) is 22.3 Å². The molecule has 1 atom stereocenters. The lowest BCUT2D eigenvalue weighted by Crippen LogP contribution is -2.26. The Kier molecular flexibility index (Phi) is 8.57. The summed E-state index contributed by atoms with van der Waals surface area (Å²) in [6, 6.07) is 96.9. The molecule has 0 aliphatic heterocycles. The first kappa shape index (κ1) is 38.5. The summed E-state index contributed by atoms with van der Waals surface area (Å²) < 4.78 is 0. The molecule has 0 saturated carbocycles. The molecular formula is C67H43N. The van der Waals surface area contributed by atoms with E-state index in [9.17, 15) is 0 Å². The number of rotatable bonds is 6. The number of benzene rings is 12. The smallest absolute Gasteiger partial charge is 0.0726 e. The molecule has 1 unspecified atom stereocenters. The minimum atomic E-state index is -0.546. The highest BCUT2D eigenvalue weighted by Crippen LogP contribution is 2.65. The van der Waals surface area contributed by atoms with Gasteiger partial charge in [0.15, 0.2) is 0 Å². The van der Waals surface area contributed by atoms with E-state index >= 15 is 0 Å². The molecule has 0 amide bonds. The number of anilines is 3. The maximum Gasteiger partial charge on any atom is 0.0726 e. The Hall–Kier alpha value is -8.78. The molecule has 1 spiro atoms. The summed E-state index contributed by atoms with van der Waals surface area (Å²) in [5, 5.41) is 7.75. The molecule has 0 saturated heterocycles. The average molecular weight is 862 g/mol. The molecule has 2 aliphatic rings. The molecule has 1 heteroatoms. The van der Waals surface area contributed by atoms with Gasteiger partial charge in [0.2, 0.25) is 0 Å². The lowest BCUT2D eigenvalue weighted by atomic mass is 9.70. The van der Waals surface area contributed by atoms with Crippen molar-refractivity contribution >= 4 is 49.4 Å². The van der Waals surface area contributed by atoms with Crippen LogP contribution in [0.4, 0.5) is 17.1 Å². The van der Waals surface area contributed by atoms with Crippen LogP contribution in [0, 0.1) is 0 Å². The molecule has 68 heavy (non-hydrogen) atoms. The third-order valence-corrected chi connectivity index (χ3v) is 14.9. The summed E-state index contributed by atoms with van der Waals surface area (Å²) in [4.78, 5) is 2.51. The highest BCUT2D eigenvalue weighted by Gasteiger charge is 2.52. The molecule has 14 rings (SSSR count). The van der Waals surface area contributed by atoms with Crippen LogP contribution in [0.25, 0.3) is 88.0 Å². The number of hydrogen-bond acceptors (Lipinski definition) is 1. The van der Waals surface area contributed by atoms with Crippen LogP contribution < -0.4 is 4.90 Å². The minimum absolute atomic E-state index is 0.546. The van der Waals surface area contributed by atoms with Gasteiger partial charge in [0.05, 0.1) is 16.8 Å². The predicted octanol–water partition coefficient (Wildman–Crippen LogP) is 18.0. The minimum Gasteiger partial charge on any atom is -0.309 e. The van der Waals surface area contributed by atoms with E-state index in [1.54, 1.807) is 0 Å². The first-order valence-corrected chi connectivity index (χ1v) is 23.7. The lowest BCUT2D eigenvalue weighted by Gasteiger charge is -2.32. The third-order valence-electron chi connectivity index (χ3n) is 14.9. The Morgan fingerprint density at radius 3 is 1.29 bits per heavy atom. The second-order valence-electron chi connectivity index (χ2n) is 18.3. The standard InChI is InChI=1S/C67H43N/c1-3-18-44(19-4-1)45-34-36-46(37-35-45)47-38-40-49(41-39-47)68(64-32-16-13-22-50(64)48-20-5-2-6-21-48)65-33-17-31-62-66(65)56-28-12-15-30-61(56)67(62)60-29-14-11-27-55(60)59-42-57-53-25-9-7-23-51(53)52-24-8-10-26-54(52)58(57)43-63(59)67/h1-43H. The van der Waals surface area contributed by atoms with Gasteiger partial charge in [0.1, 0.15) is 0 Å². The zero-order chi connectivity index (χ0) is 44.8. The second-order valence-corrected chi connectivity index (χ2v) is 18.3. The normalized spacial score (nSPS) is 14.2. The van der Waals surface area contributed by atoms with E-state index in [1.807, 2.05) is 0 Å². The van der Waals surface area contributed by atoms with Crippen LogP contribution >= 0.6 is 0 Å². The largest absolute Gasteiger partial charge is 0.309 e. The van der Waals surface area contributed by atoms with E-state index in [1.165, 1.54) is 110 Å². The van der Waals surface area contributed by atoms with Crippen LogP contribution in [0.2, 0.25) is 0 Å². The predicted molar refractivity (Wildman–Crippen MR) is 286 cm³/mol. The van der Waals surface area contributed by atoms with Gasteiger partial charge in [-0.1, -0.05) is 224 Å². The van der Waals surface area contributed by atoms with Crippen molar-refractivity contribution in [1.82, 2.24) is 0 Å². The highest BCUT2D eigenvalue weighted by molar-refractivity contribution is 6.26. The summed E-state index contributed by atoms with van der Waals surface area (Å²) in [6.45, 7) is 0. The summed E-state index contributed by atoms with van der Waals surface area (Å²) in [5.41, 5.74) is 20.4. The van der Waals surface area contributed by atoms with Crippen molar-refractivity contribution in [3.63, 3.8) is 0 Å². The van der Waals surface area contributed by atoms with Gasteiger partial charge in [-0.25, -0.2) is 0 Å². The van der Waals surface area contributed by atoms with E-state index in [0.29, 0.717) is 0 Å². The molecule has 316 valence electrons. The summed E-state index contributed by atoms with van der Waals surface area (Å²) in [6.07, 6.45) is 0. The monoisotopic (exact) mass is 861 g/mol. The van der Waals surface area contributed by atoms with Crippen molar-refractivity contribution in [3.05, 3.63) is 283 Å². The number of para-hydroxylation sites is 1. The van der Waals surface area contributed by atoms with Crippen molar-refractivity contribution < 1.29 is 0 Å². The number of hydrogen-bond donors (Lipinski definition) is 0. The number of fused-ring (bicyclic) bond motifs is 16. The highest BCUT2D eigenvalue weighted by atomic mass is 15.1. The molecule has 12 aromatic carbocycles. The summed E-state index contributed by atoms with van der Waals surface area (Å²) in [5.74, 6) is 0. The zero-order valence-corrected chi connectivity index (χ0v) is 37.3. The van der Waals surface area contributed by atoms with Crippen molar-refractivity contribution in [2.24, 2.45) is 0 Å². The lowest BCUT2D eigenvalue weighted by molar-refractivity contribution is 0.795. The van der Waals surface area contributed by atoms with Crippen LogP contribution in [-0.2, 0) is 5.41 Å². The summed E-state index contributed by atoms with van der Waals surface area (Å²) in [7, 11) is 0. The van der Waals surface area contributed by atoms with E-state index in [4.69, 9.17) is 0 Å². The maximum absolute atomic E-state index is 2.56. The Morgan fingerprint density at radius 1 is 0.235 bits per heavy atom. The molecule has 0 fully saturated rings. The fraction of sp³-hybridized carbons (Fsp3) is 0.0149. The molecule has 0 bridgehead atoms. The maximum atomic E-state index is 2.56. The molecule has 0 aromatic heterocycles. The second kappa shape index (κ2) is 15.1.